The van der Waals surface area contributed by atoms with Gasteiger partial charge in [0.05, 0.1) is 6.10 Å². The Morgan fingerprint density at radius 3 is 3.06 bits per heavy atom. The first-order chi connectivity index (χ1) is 8.74. The first kappa shape index (κ1) is 11.7. The summed E-state index contributed by atoms with van der Waals surface area (Å²) < 4.78 is 0. The molecule has 2 aliphatic rings. The molecular weight excluding hydrogens is 228 g/mol. The monoisotopic (exact) mass is 246 g/mol. The van der Waals surface area contributed by atoms with Crippen molar-refractivity contribution in [1.82, 2.24) is 10.2 Å². The van der Waals surface area contributed by atoms with Crippen LogP contribution in [-0.4, -0.2) is 41.7 Å². The molecule has 1 amide bonds. The number of rotatable bonds is 1. The lowest BCUT2D eigenvalue weighted by atomic mass is 9.98. The molecule has 1 fully saturated rings. The summed E-state index contributed by atoms with van der Waals surface area (Å²) in [5.41, 5.74) is 3.31. The molecule has 1 unspecified atom stereocenters. The second kappa shape index (κ2) is 4.71. The number of carbonyl (C=O) groups excluding carboxylic acids is 1. The number of aliphatic hydroxyl groups excluding tert-OH is 1. The summed E-state index contributed by atoms with van der Waals surface area (Å²) in [6.07, 6.45) is 1.37. The maximum Gasteiger partial charge on any atom is 0.253 e. The number of carbonyl (C=O) groups is 1. The van der Waals surface area contributed by atoms with Crippen LogP contribution in [0.2, 0.25) is 0 Å². The third kappa shape index (κ3) is 2.13. The van der Waals surface area contributed by atoms with E-state index < -0.39 is 0 Å². The molecule has 4 heteroatoms. The summed E-state index contributed by atoms with van der Waals surface area (Å²) in [4.78, 5) is 14.0. The fourth-order valence-corrected chi connectivity index (χ4v) is 2.72. The van der Waals surface area contributed by atoms with E-state index in [-0.39, 0.29) is 12.0 Å². The predicted octanol–water partition coefficient (Wildman–Crippen LogP) is 0.539. The largest absolute Gasteiger partial charge is 0.391 e. The maximum atomic E-state index is 12.3. The molecule has 0 radical (unpaired) electrons. The van der Waals surface area contributed by atoms with Gasteiger partial charge < -0.3 is 15.3 Å². The van der Waals surface area contributed by atoms with E-state index in [0.29, 0.717) is 19.5 Å². The fourth-order valence-electron chi connectivity index (χ4n) is 2.72. The van der Waals surface area contributed by atoms with Crippen LogP contribution in [0, 0.1) is 0 Å². The van der Waals surface area contributed by atoms with Crippen molar-refractivity contribution in [2.45, 2.75) is 25.5 Å². The van der Waals surface area contributed by atoms with E-state index in [1.54, 1.807) is 4.90 Å². The van der Waals surface area contributed by atoms with E-state index in [1.807, 2.05) is 12.1 Å². The molecule has 0 aliphatic carbocycles. The molecule has 0 saturated carbocycles. The highest BCUT2D eigenvalue weighted by atomic mass is 16.3. The third-order valence-corrected chi connectivity index (χ3v) is 3.79. The summed E-state index contributed by atoms with van der Waals surface area (Å²) in [5.74, 6) is 0.0416. The van der Waals surface area contributed by atoms with E-state index in [9.17, 15) is 9.90 Å². The lowest BCUT2D eigenvalue weighted by Gasteiger charge is -2.20. The highest BCUT2D eigenvalue weighted by molar-refractivity contribution is 5.94. The van der Waals surface area contributed by atoms with Crippen LogP contribution in [0.15, 0.2) is 18.2 Å². The molecule has 4 nitrogen and oxygen atoms in total. The minimum absolute atomic E-state index is 0.0416. The molecule has 1 aromatic carbocycles. The fraction of sp³-hybridized carbons (Fsp3) is 0.500. The van der Waals surface area contributed by atoms with E-state index in [4.69, 9.17) is 0 Å². The summed E-state index contributed by atoms with van der Waals surface area (Å²) >= 11 is 0. The van der Waals surface area contributed by atoms with Crippen LogP contribution in [0.1, 0.15) is 27.9 Å². The Bertz CT molecular complexity index is 473. The second-order valence-electron chi connectivity index (χ2n) is 5.10. The van der Waals surface area contributed by atoms with Gasteiger partial charge in [0.1, 0.15) is 0 Å². The number of amides is 1. The Labute approximate surface area is 107 Å². The highest BCUT2D eigenvalue weighted by Gasteiger charge is 2.25. The first-order valence-electron chi connectivity index (χ1n) is 6.54. The van der Waals surface area contributed by atoms with Crippen molar-refractivity contribution in [3.8, 4) is 0 Å². The number of hydrogen-bond donors (Lipinski definition) is 2. The number of nitrogens with zero attached hydrogens (tertiary/aromatic N) is 1. The molecule has 0 spiro atoms. The lowest BCUT2D eigenvalue weighted by molar-refractivity contribution is 0.0765. The van der Waals surface area contributed by atoms with Gasteiger partial charge in [0, 0.05) is 25.2 Å². The first-order valence-corrected chi connectivity index (χ1v) is 6.54. The molecule has 0 aromatic heterocycles. The highest BCUT2D eigenvalue weighted by Crippen LogP contribution is 2.19. The SMILES string of the molecule is O=C(c1ccc2c(c1)CNCC2)N1CCC(O)C1. The van der Waals surface area contributed by atoms with Crippen LogP contribution in [0.25, 0.3) is 0 Å². The molecule has 1 aromatic rings. The van der Waals surface area contributed by atoms with Gasteiger partial charge >= 0.3 is 0 Å². The molecule has 1 saturated heterocycles. The van der Waals surface area contributed by atoms with Crippen molar-refractivity contribution >= 4 is 5.91 Å². The van der Waals surface area contributed by atoms with Crippen LogP contribution in [0.4, 0.5) is 0 Å². The van der Waals surface area contributed by atoms with E-state index in [1.165, 1.54) is 11.1 Å². The molecule has 2 N–H and O–H groups in total. The maximum absolute atomic E-state index is 12.3. The molecule has 3 rings (SSSR count). The van der Waals surface area contributed by atoms with Crippen LogP contribution >= 0.6 is 0 Å². The van der Waals surface area contributed by atoms with Crippen molar-refractivity contribution in [3.05, 3.63) is 34.9 Å². The van der Waals surface area contributed by atoms with Gasteiger partial charge in [0.25, 0.3) is 5.91 Å². The standard InChI is InChI=1S/C14H18N2O2/c17-13-4-6-16(9-13)14(18)11-2-1-10-3-5-15-8-12(10)7-11/h1-2,7,13,15,17H,3-6,8-9H2. The number of aliphatic hydroxyl groups is 1. The smallest absolute Gasteiger partial charge is 0.253 e. The van der Waals surface area contributed by atoms with Crippen molar-refractivity contribution in [3.63, 3.8) is 0 Å². The van der Waals surface area contributed by atoms with Crippen molar-refractivity contribution in [1.29, 1.82) is 0 Å². The van der Waals surface area contributed by atoms with Gasteiger partial charge in [-0.25, -0.2) is 0 Å². The Morgan fingerprint density at radius 2 is 2.28 bits per heavy atom. The van der Waals surface area contributed by atoms with Crippen LogP contribution < -0.4 is 5.32 Å². The lowest BCUT2D eigenvalue weighted by Crippen LogP contribution is -2.30. The zero-order valence-electron chi connectivity index (χ0n) is 10.4. The molecular formula is C14H18N2O2. The van der Waals surface area contributed by atoms with Gasteiger partial charge in [-0.3, -0.25) is 4.79 Å². The summed E-state index contributed by atoms with van der Waals surface area (Å²) in [7, 11) is 0. The summed E-state index contributed by atoms with van der Waals surface area (Å²) in [6, 6.07) is 5.97. The molecule has 2 heterocycles. The van der Waals surface area contributed by atoms with Crippen LogP contribution in [0.5, 0.6) is 0 Å². The van der Waals surface area contributed by atoms with Gasteiger partial charge in [-0.1, -0.05) is 6.07 Å². The normalized spacial score (nSPS) is 22.9. The average molecular weight is 246 g/mol. The Kier molecular flexibility index (Phi) is 3.06. The molecule has 1 atom stereocenters. The van der Waals surface area contributed by atoms with E-state index in [0.717, 1.165) is 25.1 Å². The molecule has 2 aliphatic heterocycles. The van der Waals surface area contributed by atoms with Gasteiger partial charge in [-0.15, -0.1) is 0 Å². The van der Waals surface area contributed by atoms with Crippen molar-refractivity contribution < 1.29 is 9.90 Å². The zero-order chi connectivity index (χ0) is 12.5. The van der Waals surface area contributed by atoms with Gasteiger partial charge in [0.2, 0.25) is 0 Å². The van der Waals surface area contributed by atoms with E-state index >= 15 is 0 Å². The number of fused-ring (bicyclic) bond motifs is 1. The minimum atomic E-state index is -0.353. The van der Waals surface area contributed by atoms with Crippen LogP contribution in [-0.2, 0) is 13.0 Å². The number of likely N-dealkylation sites (tertiary alicyclic amines) is 1. The molecule has 0 bridgehead atoms. The van der Waals surface area contributed by atoms with Crippen molar-refractivity contribution in [2.75, 3.05) is 19.6 Å². The van der Waals surface area contributed by atoms with Gasteiger partial charge in [-0.05, 0) is 42.6 Å². The quantitative estimate of drug-likeness (QED) is 0.760. The zero-order valence-corrected chi connectivity index (χ0v) is 10.4. The number of nitrogens with one attached hydrogen (secondary N) is 1. The average Bonchev–Trinajstić information content (AvgIpc) is 2.84. The molecule has 96 valence electrons. The summed E-state index contributed by atoms with van der Waals surface area (Å²) in [6.45, 7) is 2.99. The van der Waals surface area contributed by atoms with Gasteiger partial charge in [-0.2, -0.15) is 0 Å². The second-order valence-corrected chi connectivity index (χ2v) is 5.10. The number of hydrogen-bond acceptors (Lipinski definition) is 3. The Balaban J connectivity index is 1.81. The third-order valence-electron chi connectivity index (χ3n) is 3.79. The number of benzene rings is 1. The summed E-state index contributed by atoms with van der Waals surface area (Å²) in [5, 5.41) is 12.8. The van der Waals surface area contributed by atoms with E-state index in [2.05, 4.69) is 11.4 Å². The van der Waals surface area contributed by atoms with Crippen molar-refractivity contribution in [2.24, 2.45) is 0 Å². The number of β-amino-alcohol motifs (C(OH)–C–C–N with tert-alkyl or cyclic N) is 1. The molecule has 18 heavy (non-hydrogen) atoms. The van der Waals surface area contributed by atoms with Gasteiger partial charge in [0.15, 0.2) is 0 Å². The Morgan fingerprint density at radius 1 is 1.39 bits per heavy atom. The Hall–Kier alpha value is -1.39. The van der Waals surface area contributed by atoms with Crippen LogP contribution in [0.3, 0.4) is 0 Å². The topological polar surface area (TPSA) is 52.6 Å². The minimum Gasteiger partial charge on any atom is -0.391 e. The predicted molar refractivity (Wildman–Crippen MR) is 68.4 cm³/mol.